The van der Waals surface area contributed by atoms with Crippen LogP contribution in [0.15, 0.2) is 58.3 Å². The average Bonchev–Trinajstić information content (AvgIpc) is 2.61. The molecule has 0 fully saturated rings. The summed E-state index contributed by atoms with van der Waals surface area (Å²) in [4.78, 5) is 11.6. The number of aliphatic hydroxyl groups is 1. The minimum absolute atomic E-state index is 0.0174. The number of sulfone groups is 1. The van der Waals surface area contributed by atoms with Crippen molar-refractivity contribution in [2.24, 2.45) is 0 Å². The predicted octanol–water partition coefficient (Wildman–Crippen LogP) is 2.78. The summed E-state index contributed by atoms with van der Waals surface area (Å²) in [6.45, 7) is 0.309. The molecular formula is C17H16F3NO5S. The zero-order chi connectivity index (χ0) is 20.5. The summed E-state index contributed by atoms with van der Waals surface area (Å²) in [5.74, 6) is -1.91. The van der Waals surface area contributed by atoms with Crippen molar-refractivity contribution in [3.63, 3.8) is 0 Å². The molecule has 27 heavy (non-hydrogen) atoms. The van der Waals surface area contributed by atoms with Gasteiger partial charge in [-0.15, -0.1) is 0 Å². The number of carbonyl (C=O) groups excluding carboxylic acids is 1. The lowest BCUT2D eigenvalue weighted by molar-refractivity contribution is -0.242. The van der Waals surface area contributed by atoms with Crippen LogP contribution in [0.2, 0.25) is 0 Å². The molecule has 0 spiro atoms. The van der Waals surface area contributed by atoms with Crippen LogP contribution in [0.3, 0.4) is 0 Å². The highest BCUT2D eigenvalue weighted by Gasteiger charge is 2.55. The minimum Gasteiger partial charge on any atom is -0.495 e. The Morgan fingerprint density at radius 1 is 1.07 bits per heavy atom. The Balaban J connectivity index is 2.39. The van der Waals surface area contributed by atoms with Gasteiger partial charge in [0.1, 0.15) is 5.75 Å². The average molecular weight is 403 g/mol. The Hall–Kier alpha value is -2.59. The first-order valence-corrected chi connectivity index (χ1v) is 8.98. The third kappa shape index (κ3) is 4.06. The molecule has 0 aliphatic heterocycles. The first-order chi connectivity index (χ1) is 12.4. The molecule has 6 nitrogen and oxygen atoms in total. The number of halogens is 3. The van der Waals surface area contributed by atoms with Crippen LogP contribution in [-0.2, 0) is 14.6 Å². The fourth-order valence-electron chi connectivity index (χ4n) is 2.05. The van der Waals surface area contributed by atoms with Crippen LogP contribution in [0, 0.1) is 0 Å². The van der Waals surface area contributed by atoms with E-state index in [1.165, 1.54) is 24.3 Å². The smallest absolute Gasteiger partial charge is 0.426 e. The second-order valence-corrected chi connectivity index (χ2v) is 7.65. The van der Waals surface area contributed by atoms with Crippen LogP contribution in [0.1, 0.15) is 6.92 Å². The van der Waals surface area contributed by atoms with E-state index in [2.05, 4.69) is 0 Å². The topological polar surface area (TPSA) is 92.7 Å². The van der Waals surface area contributed by atoms with Gasteiger partial charge >= 0.3 is 6.18 Å². The van der Waals surface area contributed by atoms with Crippen molar-refractivity contribution in [3.05, 3.63) is 48.5 Å². The molecule has 0 saturated heterocycles. The number of methoxy groups -OCH3 is 1. The second kappa shape index (κ2) is 7.20. The van der Waals surface area contributed by atoms with E-state index in [1.54, 1.807) is 6.07 Å². The SMILES string of the molecule is COc1cc(S(=O)(=O)c2ccccc2)ccc1NC(=O)C(C)(O)C(F)(F)F. The van der Waals surface area contributed by atoms with Gasteiger partial charge in [-0.2, -0.15) is 13.2 Å². The van der Waals surface area contributed by atoms with Crippen molar-refractivity contribution in [2.45, 2.75) is 28.5 Å². The van der Waals surface area contributed by atoms with Gasteiger partial charge in [-0.3, -0.25) is 4.79 Å². The summed E-state index contributed by atoms with van der Waals surface area (Å²) in [6, 6.07) is 10.8. The summed E-state index contributed by atoms with van der Waals surface area (Å²) in [5.41, 5.74) is -3.86. The standard InChI is InChI=1S/C17H16F3NO5S/c1-16(23,17(18,19)20)15(22)21-13-9-8-12(10-14(13)26-2)27(24,25)11-6-4-3-5-7-11/h3-10,23H,1-2H3,(H,21,22). The van der Waals surface area contributed by atoms with Gasteiger partial charge in [-0.1, -0.05) is 18.2 Å². The molecule has 0 aromatic heterocycles. The summed E-state index contributed by atoms with van der Waals surface area (Å²) >= 11 is 0. The molecule has 1 amide bonds. The molecule has 0 bridgehead atoms. The number of anilines is 1. The lowest BCUT2D eigenvalue weighted by atomic mass is 10.1. The largest absolute Gasteiger partial charge is 0.495 e. The van der Waals surface area contributed by atoms with E-state index in [4.69, 9.17) is 4.74 Å². The Bertz CT molecular complexity index is 941. The predicted molar refractivity (Wildman–Crippen MR) is 90.2 cm³/mol. The molecule has 1 unspecified atom stereocenters. The number of carbonyl (C=O) groups is 1. The van der Waals surface area contributed by atoms with Gasteiger partial charge in [0.25, 0.3) is 5.91 Å². The van der Waals surface area contributed by atoms with Crippen LogP contribution in [0.25, 0.3) is 0 Å². The number of nitrogens with one attached hydrogen (secondary N) is 1. The monoisotopic (exact) mass is 403 g/mol. The molecule has 2 N–H and O–H groups in total. The van der Waals surface area contributed by atoms with E-state index < -0.39 is 27.5 Å². The van der Waals surface area contributed by atoms with Crippen molar-refractivity contribution in [3.8, 4) is 5.75 Å². The van der Waals surface area contributed by atoms with E-state index in [9.17, 15) is 31.5 Å². The second-order valence-electron chi connectivity index (χ2n) is 5.70. The number of benzene rings is 2. The van der Waals surface area contributed by atoms with Gasteiger partial charge in [-0.25, -0.2) is 8.42 Å². The summed E-state index contributed by atoms with van der Waals surface area (Å²) < 4.78 is 68.4. The number of hydrogen-bond acceptors (Lipinski definition) is 5. The van der Waals surface area contributed by atoms with Crippen LogP contribution in [0.5, 0.6) is 5.75 Å². The highest BCUT2D eigenvalue weighted by Crippen LogP contribution is 2.34. The molecule has 0 aliphatic carbocycles. The van der Waals surface area contributed by atoms with Crippen LogP contribution in [-0.4, -0.2) is 38.3 Å². The first-order valence-electron chi connectivity index (χ1n) is 7.50. The zero-order valence-electron chi connectivity index (χ0n) is 14.2. The Morgan fingerprint density at radius 2 is 1.67 bits per heavy atom. The Kier molecular flexibility index (Phi) is 5.52. The highest BCUT2D eigenvalue weighted by atomic mass is 32.2. The van der Waals surface area contributed by atoms with E-state index in [0.717, 1.165) is 25.3 Å². The molecule has 0 aliphatic rings. The van der Waals surface area contributed by atoms with Gasteiger partial charge in [0.2, 0.25) is 15.4 Å². The van der Waals surface area contributed by atoms with Crippen LogP contribution >= 0.6 is 0 Å². The van der Waals surface area contributed by atoms with Crippen molar-refractivity contribution in [1.82, 2.24) is 0 Å². The minimum atomic E-state index is -5.19. The fourth-order valence-corrected chi connectivity index (χ4v) is 3.35. The maximum atomic E-state index is 12.8. The highest BCUT2D eigenvalue weighted by molar-refractivity contribution is 7.91. The molecule has 1 atom stereocenters. The number of amides is 1. The number of hydrogen-bond donors (Lipinski definition) is 2. The summed E-state index contributed by atoms with van der Waals surface area (Å²) in [5, 5.41) is 11.3. The molecule has 0 heterocycles. The fraction of sp³-hybridized carbons (Fsp3) is 0.235. The van der Waals surface area contributed by atoms with E-state index in [-0.39, 0.29) is 21.2 Å². The van der Waals surface area contributed by atoms with Gasteiger partial charge in [0, 0.05) is 6.07 Å². The lowest BCUT2D eigenvalue weighted by Gasteiger charge is -2.25. The number of rotatable bonds is 5. The molecule has 2 aromatic rings. The lowest BCUT2D eigenvalue weighted by Crippen LogP contribution is -2.52. The molecule has 2 rings (SSSR count). The van der Waals surface area contributed by atoms with Crippen molar-refractivity contribution < 1.29 is 36.2 Å². The van der Waals surface area contributed by atoms with Gasteiger partial charge in [0.15, 0.2) is 0 Å². The molecule has 0 radical (unpaired) electrons. The zero-order valence-corrected chi connectivity index (χ0v) is 15.1. The third-order valence-electron chi connectivity index (χ3n) is 3.78. The van der Waals surface area contributed by atoms with E-state index >= 15 is 0 Å². The maximum absolute atomic E-state index is 12.8. The quantitative estimate of drug-likeness (QED) is 0.801. The number of ether oxygens (including phenoxy) is 1. The molecule has 0 saturated carbocycles. The van der Waals surface area contributed by atoms with Crippen LogP contribution < -0.4 is 10.1 Å². The maximum Gasteiger partial charge on any atom is 0.426 e. The van der Waals surface area contributed by atoms with Crippen molar-refractivity contribution in [1.29, 1.82) is 0 Å². The number of alkyl halides is 3. The molecule has 10 heteroatoms. The van der Waals surface area contributed by atoms with Gasteiger partial charge < -0.3 is 15.2 Å². The Morgan fingerprint density at radius 3 is 2.19 bits per heavy atom. The first kappa shape index (κ1) is 20.7. The van der Waals surface area contributed by atoms with E-state index in [0.29, 0.717) is 6.92 Å². The summed E-state index contributed by atoms with van der Waals surface area (Å²) in [7, 11) is -2.73. The molecule has 146 valence electrons. The third-order valence-corrected chi connectivity index (χ3v) is 5.55. The Labute approximate surface area is 153 Å². The van der Waals surface area contributed by atoms with Crippen LogP contribution in [0.4, 0.5) is 18.9 Å². The van der Waals surface area contributed by atoms with Crippen molar-refractivity contribution in [2.75, 3.05) is 12.4 Å². The van der Waals surface area contributed by atoms with Gasteiger partial charge in [0.05, 0.1) is 22.6 Å². The molecular weight excluding hydrogens is 387 g/mol. The normalized spacial score (nSPS) is 14.3. The van der Waals surface area contributed by atoms with Crippen molar-refractivity contribution >= 4 is 21.4 Å². The van der Waals surface area contributed by atoms with E-state index in [1.807, 2.05) is 5.32 Å². The summed E-state index contributed by atoms with van der Waals surface area (Å²) in [6.07, 6.45) is -5.19. The molecule has 2 aromatic carbocycles. The van der Waals surface area contributed by atoms with Gasteiger partial charge in [-0.05, 0) is 31.2 Å².